The van der Waals surface area contributed by atoms with E-state index in [1.165, 1.54) is 0 Å². The van der Waals surface area contributed by atoms with E-state index in [1.807, 2.05) is 35.2 Å². The van der Waals surface area contributed by atoms with Crippen LogP contribution in [0.3, 0.4) is 0 Å². The summed E-state index contributed by atoms with van der Waals surface area (Å²) in [7, 11) is 0. The molecule has 0 aliphatic carbocycles. The molecule has 3 N–H and O–H groups in total. The maximum absolute atomic E-state index is 12.7. The first-order valence-electron chi connectivity index (χ1n) is 10.5. The molecule has 1 unspecified atom stereocenters. The molecule has 2 aromatic rings. The van der Waals surface area contributed by atoms with Crippen LogP contribution in [0.15, 0.2) is 48.7 Å². The van der Waals surface area contributed by atoms with Gasteiger partial charge in [-0.1, -0.05) is 30.3 Å². The van der Waals surface area contributed by atoms with Crippen molar-refractivity contribution in [1.29, 1.82) is 0 Å². The van der Waals surface area contributed by atoms with Crippen molar-refractivity contribution in [3.05, 3.63) is 54.2 Å². The lowest BCUT2D eigenvalue weighted by Crippen LogP contribution is -2.48. The number of aromatic nitrogens is 1. The maximum atomic E-state index is 12.7. The third kappa shape index (κ3) is 5.30. The van der Waals surface area contributed by atoms with E-state index < -0.39 is 0 Å². The summed E-state index contributed by atoms with van der Waals surface area (Å²) < 4.78 is 0. The minimum absolute atomic E-state index is 0.0296. The minimum atomic E-state index is -0.368. The highest BCUT2D eigenvalue weighted by molar-refractivity contribution is 5.89. The summed E-state index contributed by atoms with van der Waals surface area (Å²) in [6.45, 7) is 2.70. The predicted molar refractivity (Wildman–Crippen MR) is 117 cm³/mol. The van der Waals surface area contributed by atoms with Gasteiger partial charge < -0.3 is 25.8 Å². The molecule has 162 valence electrons. The van der Waals surface area contributed by atoms with Crippen LogP contribution in [-0.2, 0) is 9.59 Å². The molecule has 0 spiro atoms. The number of pyridine rings is 1. The second-order valence-electron chi connectivity index (χ2n) is 7.68. The van der Waals surface area contributed by atoms with Gasteiger partial charge in [0.15, 0.2) is 0 Å². The molecular formula is C22H26N6O3. The molecule has 1 aromatic heterocycles. The van der Waals surface area contributed by atoms with Gasteiger partial charge in [0.05, 0.1) is 24.5 Å². The largest absolute Gasteiger partial charge is 0.353 e. The topological polar surface area (TPSA) is 107 Å². The fourth-order valence-corrected chi connectivity index (χ4v) is 3.84. The van der Waals surface area contributed by atoms with E-state index in [2.05, 4.69) is 20.9 Å². The fourth-order valence-electron chi connectivity index (χ4n) is 3.84. The van der Waals surface area contributed by atoms with Crippen LogP contribution in [0, 0.1) is 0 Å². The number of rotatable bonds is 6. The van der Waals surface area contributed by atoms with Gasteiger partial charge in [-0.2, -0.15) is 0 Å². The molecule has 2 aliphatic rings. The van der Waals surface area contributed by atoms with E-state index in [-0.39, 0.29) is 30.4 Å². The van der Waals surface area contributed by atoms with E-state index in [0.29, 0.717) is 44.1 Å². The van der Waals surface area contributed by atoms with Crippen molar-refractivity contribution in [3.63, 3.8) is 0 Å². The summed E-state index contributed by atoms with van der Waals surface area (Å²) in [5, 5.41) is 8.56. The number of urea groups is 1. The second-order valence-corrected chi connectivity index (χ2v) is 7.68. The van der Waals surface area contributed by atoms with Crippen LogP contribution in [0.25, 0.3) is 0 Å². The van der Waals surface area contributed by atoms with Gasteiger partial charge in [-0.25, -0.2) is 9.78 Å². The van der Waals surface area contributed by atoms with Gasteiger partial charge in [0.25, 0.3) is 0 Å². The van der Waals surface area contributed by atoms with Crippen LogP contribution in [0.2, 0.25) is 0 Å². The van der Waals surface area contributed by atoms with Crippen LogP contribution in [0.5, 0.6) is 0 Å². The van der Waals surface area contributed by atoms with Crippen molar-refractivity contribution in [2.45, 2.75) is 18.9 Å². The molecule has 1 atom stereocenters. The molecule has 9 heteroatoms. The third-order valence-corrected chi connectivity index (χ3v) is 5.45. The van der Waals surface area contributed by atoms with Crippen molar-refractivity contribution in [2.24, 2.45) is 0 Å². The molecule has 0 radical (unpaired) electrons. The molecule has 2 saturated heterocycles. The van der Waals surface area contributed by atoms with Gasteiger partial charge in [-0.3, -0.25) is 9.59 Å². The number of anilines is 2. The fraction of sp³-hybridized carbons (Fsp3) is 0.364. The van der Waals surface area contributed by atoms with E-state index in [0.717, 1.165) is 12.0 Å². The number of amides is 4. The summed E-state index contributed by atoms with van der Waals surface area (Å²) in [5.74, 6) is 0.780. The average molecular weight is 422 g/mol. The number of likely N-dealkylation sites (tertiary alicyclic amines) is 1. The Morgan fingerprint density at radius 1 is 1.13 bits per heavy atom. The van der Waals surface area contributed by atoms with Crippen molar-refractivity contribution in [2.75, 3.05) is 42.9 Å². The SMILES string of the molecule is O=C1CN(c2ccc(NC(=O)NC(CN3CCCC3=O)c3ccccc3)cn2)CCN1. The predicted octanol–water partition coefficient (Wildman–Crippen LogP) is 1.50. The van der Waals surface area contributed by atoms with E-state index in [4.69, 9.17) is 0 Å². The zero-order chi connectivity index (χ0) is 21.6. The number of piperazine rings is 1. The van der Waals surface area contributed by atoms with E-state index in [1.54, 1.807) is 23.2 Å². The number of nitrogens with zero attached hydrogens (tertiary/aromatic N) is 3. The summed E-state index contributed by atoms with van der Waals surface area (Å²) in [6, 6.07) is 12.5. The molecule has 3 heterocycles. The first-order valence-corrected chi connectivity index (χ1v) is 10.5. The van der Waals surface area contributed by atoms with E-state index >= 15 is 0 Å². The number of hydrogen-bond donors (Lipinski definition) is 3. The highest BCUT2D eigenvalue weighted by Gasteiger charge is 2.25. The molecule has 2 aliphatic heterocycles. The summed E-state index contributed by atoms with van der Waals surface area (Å²) in [5.41, 5.74) is 1.49. The lowest BCUT2D eigenvalue weighted by molar-refractivity contribution is -0.128. The Morgan fingerprint density at radius 3 is 2.65 bits per heavy atom. The molecule has 4 rings (SSSR count). The second kappa shape index (κ2) is 9.46. The lowest BCUT2D eigenvalue weighted by Gasteiger charge is -2.27. The molecular weight excluding hydrogens is 396 g/mol. The molecule has 9 nitrogen and oxygen atoms in total. The van der Waals surface area contributed by atoms with Crippen molar-refractivity contribution >= 4 is 29.4 Å². The van der Waals surface area contributed by atoms with Gasteiger partial charge >= 0.3 is 6.03 Å². The summed E-state index contributed by atoms with van der Waals surface area (Å²) in [4.78, 5) is 44.3. The Balaban J connectivity index is 1.39. The normalized spacial score (nSPS) is 17.3. The first kappa shape index (κ1) is 20.6. The number of hydrogen-bond acceptors (Lipinski definition) is 5. The monoisotopic (exact) mass is 422 g/mol. The Bertz CT molecular complexity index is 934. The van der Waals surface area contributed by atoms with Crippen molar-refractivity contribution in [3.8, 4) is 0 Å². The standard InChI is InChI=1S/C22H26N6O3/c29-20-15-27(12-10-23-20)19-9-8-17(13-24-19)25-22(31)26-18(16-5-2-1-3-6-16)14-28-11-4-7-21(28)30/h1-3,5-6,8-9,13,18H,4,7,10-12,14-15H2,(H,23,29)(H2,25,26,31). The van der Waals surface area contributed by atoms with Crippen LogP contribution >= 0.6 is 0 Å². The van der Waals surface area contributed by atoms with Gasteiger partial charge in [0, 0.05) is 32.6 Å². The highest BCUT2D eigenvalue weighted by atomic mass is 16.2. The van der Waals surface area contributed by atoms with E-state index in [9.17, 15) is 14.4 Å². The molecule has 4 amide bonds. The van der Waals surface area contributed by atoms with Gasteiger partial charge in [-0.05, 0) is 24.1 Å². The Labute approximate surface area is 180 Å². The zero-order valence-corrected chi connectivity index (χ0v) is 17.2. The maximum Gasteiger partial charge on any atom is 0.319 e. The Hall–Kier alpha value is -3.62. The van der Waals surface area contributed by atoms with Crippen LogP contribution < -0.4 is 20.9 Å². The van der Waals surface area contributed by atoms with Crippen molar-refractivity contribution in [1.82, 2.24) is 20.5 Å². The molecule has 2 fully saturated rings. The first-order chi connectivity index (χ1) is 15.1. The lowest BCUT2D eigenvalue weighted by atomic mass is 10.1. The van der Waals surface area contributed by atoms with Gasteiger partial charge in [0.2, 0.25) is 11.8 Å². The molecule has 0 bridgehead atoms. The van der Waals surface area contributed by atoms with Crippen LogP contribution in [-0.4, -0.2) is 60.5 Å². The number of carbonyl (C=O) groups is 3. The minimum Gasteiger partial charge on any atom is -0.353 e. The molecule has 0 saturated carbocycles. The van der Waals surface area contributed by atoms with Crippen LogP contribution in [0.1, 0.15) is 24.4 Å². The Morgan fingerprint density at radius 2 is 1.97 bits per heavy atom. The quantitative estimate of drug-likeness (QED) is 0.654. The number of benzene rings is 1. The zero-order valence-electron chi connectivity index (χ0n) is 17.2. The average Bonchev–Trinajstić information content (AvgIpc) is 3.19. The third-order valence-electron chi connectivity index (χ3n) is 5.45. The summed E-state index contributed by atoms with van der Waals surface area (Å²) >= 11 is 0. The number of nitrogens with one attached hydrogen (secondary N) is 3. The Kier molecular flexibility index (Phi) is 6.30. The molecule has 1 aromatic carbocycles. The van der Waals surface area contributed by atoms with Gasteiger partial charge in [-0.15, -0.1) is 0 Å². The molecule has 31 heavy (non-hydrogen) atoms. The number of carbonyl (C=O) groups excluding carboxylic acids is 3. The highest BCUT2D eigenvalue weighted by Crippen LogP contribution is 2.19. The smallest absolute Gasteiger partial charge is 0.319 e. The summed E-state index contributed by atoms with van der Waals surface area (Å²) in [6.07, 6.45) is 2.98. The van der Waals surface area contributed by atoms with Gasteiger partial charge in [0.1, 0.15) is 5.82 Å². The van der Waals surface area contributed by atoms with Crippen molar-refractivity contribution < 1.29 is 14.4 Å². The van der Waals surface area contributed by atoms with Crippen LogP contribution in [0.4, 0.5) is 16.3 Å².